The summed E-state index contributed by atoms with van der Waals surface area (Å²) < 4.78 is 33.0. The van der Waals surface area contributed by atoms with Crippen LogP contribution in [0, 0.1) is 0 Å². The fraction of sp³-hybridized carbons (Fsp3) is 0.267. The molecule has 0 aliphatic carbocycles. The lowest BCUT2D eigenvalue weighted by Crippen LogP contribution is -2.40. The minimum absolute atomic E-state index is 0.00540. The lowest BCUT2D eigenvalue weighted by Gasteiger charge is -2.21. The van der Waals surface area contributed by atoms with Crippen molar-refractivity contribution in [2.75, 3.05) is 5.32 Å². The van der Waals surface area contributed by atoms with Gasteiger partial charge in [-0.25, -0.2) is 13.1 Å². The molecule has 0 atom stereocenters. The van der Waals surface area contributed by atoms with Crippen LogP contribution in [0.2, 0.25) is 0 Å². The maximum atomic E-state index is 12.5. The van der Waals surface area contributed by atoms with Crippen LogP contribution in [0.15, 0.2) is 50.6 Å². The Morgan fingerprint density at radius 3 is 2.43 bits per heavy atom. The van der Waals surface area contributed by atoms with E-state index in [-0.39, 0.29) is 16.1 Å². The van der Waals surface area contributed by atoms with Crippen LogP contribution in [-0.4, -0.2) is 19.9 Å². The monoisotopic (exact) mass is 400 g/mol. The van der Waals surface area contributed by atoms with E-state index in [2.05, 4.69) is 26.0 Å². The number of sulfonamides is 1. The average Bonchev–Trinajstić information content (AvgIpc) is 2.83. The van der Waals surface area contributed by atoms with Crippen LogP contribution >= 0.6 is 15.9 Å². The molecule has 124 valence electrons. The van der Waals surface area contributed by atoms with E-state index in [1.807, 2.05) is 0 Å². The third kappa shape index (κ3) is 4.66. The molecule has 1 aromatic heterocycles. The molecule has 2 N–H and O–H groups in total. The molecule has 1 amide bonds. The summed E-state index contributed by atoms with van der Waals surface area (Å²) in [6, 6.07) is 7.72. The molecule has 1 aromatic carbocycles. The van der Waals surface area contributed by atoms with Gasteiger partial charge in [0.05, 0.1) is 11.3 Å². The normalized spacial score (nSPS) is 12.2. The Kier molecular flexibility index (Phi) is 4.98. The number of hydrogen-bond acceptors (Lipinski definition) is 4. The first-order valence-corrected chi connectivity index (χ1v) is 9.04. The zero-order chi connectivity index (χ0) is 17.3. The summed E-state index contributed by atoms with van der Waals surface area (Å²) in [6.07, 6.45) is 1.28. The van der Waals surface area contributed by atoms with Crippen molar-refractivity contribution >= 4 is 37.5 Å². The van der Waals surface area contributed by atoms with Crippen molar-refractivity contribution in [1.82, 2.24) is 4.72 Å². The largest absolute Gasteiger partial charge is 0.457 e. The van der Waals surface area contributed by atoms with Gasteiger partial charge in [0, 0.05) is 11.6 Å². The molecular formula is C15H17BrN2O4S. The van der Waals surface area contributed by atoms with Crippen molar-refractivity contribution in [3.05, 3.63) is 46.8 Å². The minimum atomic E-state index is -3.77. The second-order valence-corrected chi connectivity index (χ2v) is 8.38. The summed E-state index contributed by atoms with van der Waals surface area (Å²) in [4.78, 5) is 12.2. The number of rotatable bonds is 4. The van der Waals surface area contributed by atoms with Crippen molar-refractivity contribution in [2.24, 2.45) is 0 Å². The SMILES string of the molecule is CC(C)(C)NS(=O)(=O)c1ccccc1NC(=O)c1coc(Br)c1. The number of carbonyl (C=O) groups is 1. The first-order chi connectivity index (χ1) is 10.6. The fourth-order valence-corrected chi connectivity index (χ4v) is 3.81. The van der Waals surface area contributed by atoms with Gasteiger partial charge in [-0.2, -0.15) is 0 Å². The third-order valence-corrected chi connectivity index (χ3v) is 4.93. The van der Waals surface area contributed by atoms with E-state index in [1.54, 1.807) is 32.9 Å². The van der Waals surface area contributed by atoms with Crippen LogP contribution in [0.5, 0.6) is 0 Å². The predicted octanol–water partition coefficient (Wildman–Crippen LogP) is 3.37. The summed E-state index contributed by atoms with van der Waals surface area (Å²) in [5.41, 5.74) is -0.148. The molecule has 0 aliphatic heterocycles. The molecular weight excluding hydrogens is 384 g/mol. The molecule has 2 rings (SSSR count). The lowest BCUT2D eigenvalue weighted by atomic mass is 10.1. The van der Waals surface area contributed by atoms with Crippen molar-refractivity contribution < 1.29 is 17.6 Å². The highest BCUT2D eigenvalue weighted by atomic mass is 79.9. The van der Waals surface area contributed by atoms with Gasteiger partial charge < -0.3 is 9.73 Å². The third-order valence-electron chi connectivity index (χ3n) is 2.69. The van der Waals surface area contributed by atoms with Crippen molar-refractivity contribution in [3.8, 4) is 0 Å². The van der Waals surface area contributed by atoms with Gasteiger partial charge in [0.15, 0.2) is 4.67 Å². The van der Waals surface area contributed by atoms with Gasteiger partial charge in [-0.15, -0.1) is 0 Å². The maximum Gasteiger partial charge on any atom is 0.258 e. The highest BCUT2D eigenvalue weighted by Crippen LogP contribution is 2.23. The standard InChI is InChI=1S/C15H17BrN2O4S/c1-15(2,3)18-23(20,21)12-7-5-4-6-11(12)17-14(19)10-8-13(16)22-9-10/h4-9,18H,1-3H3,(H,17,19). The first kappa shape index (κ1) is 17.7. The van der Waals surface area contributed by atoms with Gasteiger partial charge in [0.25, 0.3) is 5.91 Å². The summed E-state index contributed by atoms with van der Waals surface area (Å²) in [7, 11) is -3.77. The zero-order valence-corrected chi connectivity index (χ0v) is 15.3. The van der Waals surface area contributed by atoms with Gasteiger partial charge >= 0.3 is 0 Å². The van der Waals surface area contributed by atoms with Gasteiger partial charge in [-0.05, 0) is 48.8 Å². The van der Waals surface area contributed by atoms with Crippen molar-refractivity contribution in [2.45, 2.75) is 31.2 Å². The van der Waals surface area contributed by atoms with Crippen LogP contribution in [0.1, 0.15) is 31.1 Å². The quantitative estimate of drug-likeness (QED) is 0.822. The predicted molar refractivity (Wildman–Crippen MR) is 90.9 cm³/mol. The summed E-state index contributed by atoms with van der Waals surface area (Å²) in [6.45, 7) is 5.23. The number of carbonyl (C=O) groups excluding carboxylic acids is 1. The Bertz CT molecular complexity index is 822. The summed E-state index contributed by atoms with van der Waals surface area (Å²) in [5.74, 6) is -0.460. The van der Waals surface area contributed by atoms with E-state index in [9.17, 15) is 13.2 Å². The molecule has 0 spiro atoms. The molecule has 8 heteroatoms. The highest BCUT2D eigenvalue weighted by Gasteiger charge is 2.25. The molecule has 0 fully saturated rings. The molecule has 0 aliphatic rings. The Morgan fingerprint density at radius 1 is 1.22 bits per heavy atom. The smallest absolute Gasteiger partial charge is 0.258 e. The maximum absolute atomic E-state index is 12.5. The molecule has 0 unspecified atom stereocenters. The molecule has 0 saturated carbocycles. The van der Waals surface area contributed by atoms with Crippen molar-refractivity contribution in [3.63, 3.8) is 0 Å². The number of benzene rings is 1. The number of para-hydroxylation sites is 1. The molecule has 0 saturated heterocycles. The number of furan rings is 1. The number of anilines is 1. The van der Waals surface area contributed by atoms with E-state index < -0.39 is 21.5 Å². The van der Waals surface area contributed by atoms with E-state index in [1.165, 1.54) is 24.5 Å². The number of hydrogen-bond donors (Lipinski definition) is 2. The van der Waals surface area contributed by atoms with Crippen LogP contribution in [0.4, 0.5) is 5.69 Å². The molecule has 23 heavy (non-hydrogen) atoms. The van der Waals surface area contributed by atoms with Crippen LogP contribution in [0.25, 0.3) is 0 Å². The van der Waals surface area contributed by atoms with Gasteiger partial charge in [-0.1, -0.05) is 12.1 Å². The number of amides is 1. The second kappa shape index (κ2) is 6.46. The van der Waals surface area contributed by atoms with Gasteiger partial charge in [0.1, 0.15) is 11.2 Å². The van der Waals surface area contributed by atoms with Gasteiger partial charge in [0.2, 0.25) is 10.0 Å². The summed E-state index contributed by atoms with van der Waals surface area (Å²) in [5, 5.41) is 2.59. The molecule has 2 aromatic rings. The Balaban J connectivity index is 2.33. The van der Waals surface area contributed by atoms with Gasteiger partial charge in [-0.3, -0.25) is 4.79 Å². The first-order valence-electron chi connectivity index (χ1n) is 6.77. The van der Waals surface area contributed by atoms with Crippen LogP contribution < -0.4 is 10.0 Å². The van der Waals surface area contributed by atoms with Crippen LogP contribution in [0.3, 0.4) is 0 Å². The van der Waals surface area contributed by atoms with Crippen LogP contribution in [-0.2, 0) is 10.0 Å². The highest BCUT2D eigenvalue weighted by molar-refractivity contribution is 9.10. The number of halogens is 1. The average molecular weight is 401 g/mol. The summed E-state index contributed by atoms with van der Waals surface area (Å²) >= 11 is 3.11. The molecule has 0 bridgehead atoms. The second-order valence-electron chi connectivity index (χ2n) is 5.95. The van der Waals surface area contributed by atoms with E-state index >= 15 is 0 Å². The lowest BCUT2D eigenvalue weighted by molar-refractivity contribution is 0.102. The zero-order valence-electron chi connectivity index (χ0n) is 12.9. The van der Waals surface area contributed by atoms with Crippen molar-refractivity contribution in [1.29, 1.82) is 0 Å². The molecule has 6 nitrogen and oxygen atoms in total. The Morgan fingerprint density at radius 2 is 1.87 bits per heavy atom. The van der Waals surface area contributed by atoms with E-state index in [4.69, 9.17) is 4.42 Å². The topological polar surface area (TPSA) is 88.4 Å². The van der Waals surface area contributed by atoms with E-state index in [0.717, 1.165) is 0 Å². The fourth-order valence-electron chi connectivity index (χ4n) is 1.89. The minimum Gasteiger partial charge on any atom is -0.457 e. The Hall–Kier alpha value is -1.64. The molecule has 1 heterocycles. The molecule has 0 radical (unpaired) electrons. The van der Waals surface area contributed by atoms with E-state index in [0.29, 0.717) is 4.67 Å². The Labute approximate surface area is 143 Å². The number of nitrogens with one attached hydrogen (secondary N) is 2.